The van der Waals surface area contributed by atoms with E-state index in [1.54, 1.807) is 24.7 Å². The van der Waals surface area contributed by atoms with Crippen molar-refractivity contribution in [2.45, 2.75) is 25.7 Å². The Bertz CT molecular complexity index is 1320. The summed E-state index contributed by atoms with van der Waals surface area (Å²) in [5.41, 5.74) is 3.53. The first-order valence-electron chi connectivity index (χ1n) is 10.4. The van der Waals surface area contributed by atoms with Crippen LogP contribution in [0.25, 0.3) is 11.1 Å². The lowest BCUT2D eigenvalue weighted by atomic mass is 9.90. The van der Waals surface area contributed by atoms with Crippen molar-refractivity contribution >= 4 is 51.7 Å². The van der Waals surface area contributed by atoms with Gasteiger partial charge in [-0.1, -0.05) is 17.7 Å². The van der Waals surface area contributed by atoms with Crippen molar-refractivity contribution in [1.82, 2.24) is 19.9 Å². The third kappa shape index (κ3) is 5.20. The van der Waals surface area contributed by atoms with Crippen molar-refractivity contribution in [2.24, 2.45) is 0 Å². The fourth-order valence-electron chi connectivity index (χ4n) is 3.96. The first-order valence-corrected chi connectivity index (χ1v) is 11.4. The van der Waals surface area contributed by atoms with Gasteiger partial charge in [-0.25, -0.2) is 24.3 Å². The van der Waals surface area contributed by atoms with Crippen molar-refractivity contribution in [3.8, 4) is 0 Å². The summed E-state index contributed by atoms with van der Waals surface area (Å²) in [5, 5.41) is 3.56. The van der Waals surface area contributed by atoms with Gasteiger partial charge in [0.1, 0.15) is 17.7 Å². The molecule has 4 heterocycles. The molecule has 0 amide bonds. The van der Waals surface area contributed by atoms with Gasteiger partial charge in [-0.3, -0.25) is 0 Å². The largest absolute Gasteiger partial charge is 0.458 e. The molecule has 1 saturated heterocycles. The van der Waals surface area contributed by atoms with Crippen LogP contribution in [0.1, 0.15) is 29.9 Å². The first-order chi connectivity index (χ1) is 16.5. The maximum atomic E-state index is 14.3. The topological polar surface area (TPSA) is 114 Å². The van der Waals surface area contributed by atoms with E-state index < -0.39 is 11.6 Å². The maximum absolute atomic E-state index is 14.3. The molecule has 3 aromatic heterocycles. The maximum Gasteiger partial charge on any atom is 0.335 e. The SMILES string of the molecule is Cc1ccc(Nc2ncnc3c(C4CCN(c5ncc(Cl)cn5)CC4)coc23)c(F)c1.O=S=O. The van der Waals surface area contributed by atoms with E-state index in [2.05, 4.69) is 30.2 Å². The zero-order chi connectivity index (χ0) is 24.1. The molecule has 0 radical (unpaired) electrons. The fraction of sp³-hybridized carbons (Fsp3) is 0.273. The van der Waals surface area contributed by atoms with E-state index in [1.807, 2.05) is 13.0 Å². The zero-order valence-electron chi connectivity index (χ0n) is 18.1. The number of hydrogen-bond acceptors (Lipinski definition) is 9. The van der Waals surface area contributed by atoms with Gasteiger partial charge in [0.25, 0.3) is 0 Å². The normalized spacial score (nSPS) is 13.9. The van der Waals surface area contributed by atoms with Crippen molar-refractivity contribution in [2.75, 3.05) is 23.3 Å². The summed E-state index contributed by atoms with van der Waals surface area (Å²) >= 11 is 5.13. The highest BCUT2D eigenvalue weighted by atomic mass is 35.5. The number of nitrogens with zero attached hydrogens (tertiary/aromatic N) is 5. The molecule has 34 heavy (non-hydrogen) atoms. The minimum Gasteiger partial charge on any atom is -0.458 e. The standard InChI is InChI=1S/C22H20ClFN6O.O2S/c1-13-2-3-18(17(24)8-13)29-21-20-19(27-12-28-21)16(11-31-20)14-4-6-30(7-5-14)22-25-9-15(23)10-26-22;1-3-2/h2-3,8-12,14H,4-7H2,1H3,(H,27,28,29);. The Labute approximate surface area is 203 Å². The Morgan fingerprint density at radius 3 is 2.53 bits per heavy atom. The Hall–Kier alpha value is -3.44. The minimum atomic E-state index is -0.750. The molecule has 5 rings (SSSR count). The minimum absolute atomic E-state index is 0.295. The lowest BCUT2D eigenvalue weighted by molar-refractivity contribution is 0.493. The van der Waals surface area contributed by atoms with Gasteiger partial charge in [0.15, 0.2) is 11.4 Å². The van der Waals surface area contributed by atoms with Crippen molar-refractivity contribution < 1.29 is 17.2 Å². The molecular weight excluding hydrogens is 483 g/mol. The monoisotopic (exact) mass is 502 g/mol. The molecule has 1 fully saturated rings. The molecule has 12 heteroatoms. The lowest BCUT2D eigenvalue weighted by Crippen LogP contribution is -2.34. The molecular formula is C22H20ClFN6O3S. The molecule has 1 aliphatic rings. The van der Waals surface area contributed by atoms with Crippen molar-refractivity contribution in [1.29, 1.82) is 0 Å². The van der Waals surface area contributed by atoms with Gasteiger partial charge in [-0.15, -0.1) is 0 Å². The van der Waals surface area contributed by atoms with Crippen molar-refractivity contribution in [3.05, 3.63) is 65.2 Å². The molecule has 1 N–H and O–H groups in total. The number of piperidine rings is 1. The summed E-state index contributed by atoms with van der Waals surface area (Å²) in [4.78, 5) is 19.5. The quantitative estimate of drug-likeness (QED) is 0.428. The second-order valence-electron chi connectivity index (χ2n) is 7.73. The van der Waals surface area contributed by atoms with E-state index in [9.17, 15) is 4.39 Å². The van der Waals surface area contributed by atoms with Gasteiger partial charge in [0.05, 0.1) is 29.4 Å². The van der Waals surface area contributed by atoms with Gasteiger partial charge in [0, 0.05) is 18.7 Å². The Balaban J connectivity index is 0.000000868. The van der Waals surface area contributed by atoms with E-state index in [4.69, 9.17) is 24.4 Å². The number of rotatable bonds is 4. The number of furan rings is 1. The summed E-state index contributed by atoms with van der Waals surface area (Å²) < 4.78 is 36.7. The highest BCUT2D eigenvalue weighted by Crippen LogP contribution is 2.36. The summed E-state index contributed by atoms with van der Waals surface area (Å²) in [7, 11) is 0. The number of halogens is 2. The van der Waals surface area contributed by atoms with Crippen LogP contribution < -0.4 is 10.2 Å². The molecule has 0 atom stereocenters. The van der Waals surface area contributed by atoms with E-state index >= 15 is 0 Å². The average Bonchev–Trinajstić information content (AvgIpc) is 3.27. The van der Waals surface area contributed by atoms with E-state index in [-0.39, 0.29) is 5.82 Å². The van der Waals surface area contributed by atoms with Gasteiger partial charge in [0.2, 0.25) is 5.95 Å². The zero-order valence-corrected chi connectivity index (χ0v) is 19.6. The van der Waals surface area contributed by atoms with E-state index in [0.717, 1.165) is 42.6 Å². The Morgan fingerprint density at radius 1 is 1.15 bits per heavy atom. The Kier molecular flexibility index (Phi) is 7.43. The molecule has 0 bridgehead atoms. The number of fused-ring (bicyclic) bond motifs is 1. The smallest absolute Gasteiger partial charge is 0.335 e. The van der Waals surface area contributed by atoms with Crippen LogP contribution >= 0.6 is 11.6 Å². The van der Waals surface area contributed by atoms with E-state index in [0.29, 0.717) is 34.0 Å². The summed E-state index contributed by atoms with van der Waals surface area (Å²) in [5.74, 6) is 1.10. The second-order valence-corrected chi connectivity index (χ2v) is 8.30. The van der Waals surface area contributed by atoms with Gasteiger partial charge < -0.3 is 14.6 Å². The van der Waals surface area contributed by atoms with E-state index in [1.165, 1.54) is 12.4 Å². The second kappa shape index (κ2) is 10.7. The van der Waals surface area contributed by atoms with Crippen molar-refractivity contribution in [3.63, 3.8) is 0 Å². The van der Waals surface area contributed by atoms with Crippen LogP contribution in [0.2, 0.25) is 5.02 Å². The fourth-order valence-corrected chi connectivity index (χ4v) is 4.05. The lowest BCUT2D eigenvalue weighted by Gasteiger charge is -2.31. The van der Waals surface area contributed by atoms with Gasteiger partial charge in [-0.2, -0.15) is 8.42 Å². The van der Waals surface area contributed by atoms with Crippen LogP contribution in [0.3, 0.4) is 0 Å². The number of aromatic nitrogens is 4. The molecule has 176 valence electrons. The number of benzene rings is 1. The summed E-state index contributed by atoms with van der Waals surface area (Å²) in [6, 6.07) is 5.01. The highest BCUT2D eigenvalue weighted by molar-refractivity contribution is 7.51. The Morgan fingerprint density at radius 2 is 1.85 bits per heavy atom. The molecule has 0 aliphatic carbocycles. The predicted octanol–water partition coefficient (Wildman–Crippen LogP) is 4.57. The number of anilines is 3. The third-order valence-corrected chi connectivity index (χ3v) is 5.78. The highest BCUT2D eigenvalue weighted by Gasteiger charge is 2.26. The molecule has 0 unspecified atom stereocenters. The number of hydrogen-bond donors (Lipinski definition) is 1. The molecule has 0 spiro atoms. The van der Waals surface area contributed by atoms with Gasteiger partial charge in [-0.05, 0) is 43.4 Å². The summed E-state index contributed by atoms with van der Waals surface area (Å²) in [6.45, 7) is 3.49. The molecule has 1 aromatic carbocycles. The third-order valence-electron chi connectivity index (χ3n) is 5.58. The predicted molar refractivity (Wildman–Crippen MR) is 126 cm³/mol. The molecule has 1 aliphatic heterocycles. The van der Waals surface area contributed by atoms with Gasteiger partial charge >= 0.3 is 11.6 Å². The first kappa shape index (κ1) is 23.7. The molecule has 0 saturated carbocycles. The van der Waals surface area contributed by atoms with Crippen LogP contribution in [0.5, 0.6) is 0 Å². The van der Waals surface area contributed by atoms with Crippen LogP contribution in [0.4, 0.5) is 21.8 Å². The van der Waals surface area contributed by atoms with Crippen LogP contribution in [0, 0.1) is 12.7 Å². The van der Waals surface area contributed by atoms with Crippen LogP contribution in [-0.4, -0.2) is 41.4 Å². The average molecular weight is 503 g/mol. The number of aryl methyl sites for hydroxylation is 1. The van der Waals surface area contributed by atoms with Crippen LogP contribution in [0.15, 0.2) is 47.6 Å². The van der Waals surface area contributed by atoms with Crippen LogP contribution in [-0.2, 0) is 11.6 Å². The number of nitrogens with one attached hydrogen (secondary N) is 1. The molecule has 4 aromatic rings. The summed E-state index contributed by atoms with van der Waals surface area (Å²) in [6.07, 6.45) is 8.28. The molecule has 9 nitrogen and oxygen atoms in total.